The second-order valence-corrected chi connectivity index (χ2v) is 7.58. The van der Waals surface area contributed by atoms with Crippen molar-refractivity contribution in [2.75, 3.05) is 6.54 Å². The summed E-state index contributed by atoms with van der Waals surface area (Å²) in [4.78, 5) is 6.29. The minimum atomic E-state index is 0.217. The van der Waals surface area contributed by atoms with Gasteiger partial charge < -0.3 is 0 Å². The minimum Gasteiger partial charge on any atom is -0.279 e. The molecule has 3 nitrogen and oxygen atoms in total. The topological polar surface area (TPSA) is 37.1 Å². The number of thiophene rings is 1. The van der Waals surface area contributed by atoms with Crippen molar-refractivity contribution >= 4 is 39.8 Å². The molecule has 0 spiro atoms. The molecular formula is C18H18BN3S. The molecule has 0 bridgehead atoms. The van der Waals surface area contributed by atoms with E-state index >= 15 is 0 Å². The maximum atomic E-state index is 4.93. The van der Waals surface area contributed by atoms with E-state index in [4.69, 9.17) is 4.99 Å². The molecule has 0 saturated heterocycles. The Labute approximate surface area is 141 Å². The van der Waals surface area contributed by atoms with Crippen molar-refractivity contribution in [3.8, 4) is 0 Å². The van der Waals surface area contributed by atoms with Gasteiger partial charge in [-0.25, -0.2) is 0 Å². The van der Waals surface area contributed by atoms with E-state index < -0.39 is 0 Å². The molecule has 0 amide bonds. The second-order valence-electron chi connectivity index (χ2n) is 6.32. The number of hydrogen-bond donors (Lipinski definition) is 0. The largest absolute Gasteiger partial charge is 0.297 e. The van der Waals surface area contributed by atoms with Crippen molar-refractivity contribution < 1.29 is 0 Å². The Kier molecular flexibility index (Phi) is 3.34. The van der Waals surface area contributed by atoms with E-state index in [1.54, 1.807) is 0 Å². The molecule has 5 heteroatoms. The van der Waals surface area contributed by atoms with Crippen LogP contribution >= 0.6 is 11.3 Å². The standard InChI is InChI=1S/C18H18BN3S/c1-10-5-7-14(8-6-10)17-16-11(2)12(3)23-18(16)19-13(4)21-22-15(19)9-20-17/h5-8H,9H2,1-4H3. The monoisotopic (exact) mass is 319 g/mol. The Balaban J connectivity index is 1.95. The molecule has 2 aliphatic rings. The third kappa shape index (κ3) is 2.22. The number of benzene rings is 1. The Morgan fingerprint density at radius 3 is 2.48 bits per heavy atom. The molecule has 4 rings (SSSR count). The fourth-order valence-corrected chi connectivity index (χ4v) is 4.66. The molecule has 1 aromatic carbocycles. The maximum Gasteiger partial charge on any atom is 0.297 e. The van der Waals surface area contributed by atoms with Gasteiger partial charge in [0.15, 0.2) is 0 Å². The molecule has 3 heterocycles. The predicted octanol–water partition coefficient (Wildman–Crippen LogP) is 3.14. The summed E-state index contributed by atoms with van der Waals surface area (Å²) in [5.41, 5.74) is 8.36. The summed E-state index contributed by atoms with van der Waals surface area (Å²) < 4.78 is 1.36. The molecule has 0 atom stereocenters. The van der Waals surface area contributed by atoms with Gasteiger partial charge in [0.1, 0.15) is 0 Å². The highest BCUT2D eigenvalue weighted by molar-refractivity contribution is 7.36. The summed E-state index contributed by atoms with van der Waals surface area (Å²) in [5, 5.41) is 8.69. The lowest BCUT2D eigenvalue weighted by molar-refractivity contribution is 1.22. The Hall–Kier alpha value is -2.01. The third-order valence-electron chi connectivity index (χ3n) is 4.72. The predicted molar refractivity (Wildman–Crippen MR) is 101 cm³/mol. The molecule has 23 heavy (non-hydrogen) atoms. The number of hydrogen-bond acceptors (Lipinski definition) is 4. The Morgan fingerprint density at radius 1 is 1.00 bits per heavy atom. The fraction of sp³-hybridized carbons (Fsp3) is 0.278. The van der Waals surface area contributed by atoms with Crippen LogP contribution in [0.2, 0.25) is 0 Å². The zero-order valence-electron chi connectivity index (χ0n) is 13.8. The average molecular weight is 319 g/mol. The van der Waals surface area contributed by atoms with E-state index in [1.165, 1.54) is 31.9 Å². The summed E-state index contributed by atoms with van der Waals surface area (Å²) >= 11 is 1.87. The number of aryl methyl sites for hydroxylation is 2. The molecule has 2 aliphatic heterocycles. The van der Waals surface area contributed by atoms with Gasteiger partial charge in [-0.1, -0.05) is 29.8 Å². The zero-order valence-corrected chi connectivity index (χ0v) is 14.7. The molecule has 0 unspecified atom stereocenters. The number of nitrogens with zero attached hydrogens (tertiary/aromatic N) is 3. The summed E-state index contributed by atoms with van der Waals surface area (Å²) in [6, 6.07) is 8.66. The van der Waals surface area contributed by atoms with Gasteiger partial charge in [0.05, 0.1) is 12.3 Å². The van der Waals surface area contributed by atoms with Crippen molar-refractivity contribution in [2.45, 2.75) is 27.7 Å². The summed E-state index contributed by atoms with van der Waals surface area (Å²) in [7, 11) is 0. The summed E-state index contributed by atoms with van der Waals surface area (Å²) in [6.45, 7) is 9.44. The fourth-order valence-electron chi connectivity index (χ4n) is 3.30. The highest BCUT2D eigenvalue weighted by Crippen LogP contribution is 2.26. The SMILES string of the molecule is CC1=NN=C2CN=C(c3ccc(C)cc3)c3c(sc(C)c3C)B12. The lowest BCUT2D eigenvalue weighted by atomic mass is 9.41. The van der Waals surface area contributed by atoms with Crippen LogP contribution in [0.4, 0.5) is 0 Å². The van der Waals surface area contributed by atoms with Crippen molar-refractivity contribution in [1.29, 1.82) is 0 Å². The van der Waals surface area contributed by atoms with Crippen LogP contribution in [-0.4, -0.2) is 30.2 Å². The van der Waals surface area contributed by atoms with Crippen LogP contribution in [-0.2, 0) is 0 Å². The van der Waals surface area contributed by atoms with Gasteiger partial charge in [0, 0.05) is 27.2 Å². The van der Waals surface area contributed by atoms with E-state index in [9.17, 15) is 0 Å². The van der Waals surface area contributed by atoms with Crippen molar-refractivity contribution in [2.24, 2.45) is 15.2 Å². The minimum absolute atomic E-state index is 0.217. The van der Waals surface area contributed by atoms with Crippen molar-refractivity contribution in [3.05, 3.63) is 51.4 Å². The molecule has 0 aliphatic carbocycles. The number of aliphatic imine (C=N–C) groups is 1. The van der Waals surface area contributed by atoms with Gasteiger partial charge in [-0.2, -0.15) is 21.5 Å². The van der Waals surface area contributed by atoms with Crippen LogP contribution in [0.25, 0.3) is 0 Å². The molecular weight excluding hydrogens is 301 g/mol. The number of rotatable bonds is 1. The highest BCUT2D eigenvalue weighted by Gasteiger charge is 2.38. The van der Waals surface area contributed by atoms with Gasteiger partial charge >= 0.3 is 0 Å². The smallest absolute Gasteiger partial charge is 0.279 e. The van der Waals surface area contributed by atoms with Crippen LogP contribution in [0.5, 0.6) is 0 Å². The zero-order chi connectivity index (χ0) is 16.1. The normalized spacial score (nSPS) is 16.3. The van der Waals surface area contributed by atoms with Crippen LogP contribution in [0, 0.1) is 20.8 Å². The van der Waals surface area contributed by atoms with E-state index in [-0.39, 0.29) is 6.71 Å². The Bertz CT molecular complexity index is 888. The summed E-state index contributed by atoms with van der Waals surface area (Å²) in [5.74, 6) is 0. The Morgan fingerprint density at radius 2 is 1.74 bits per heavy atom. The molecule has 0 fully saturated rings. The first-order valence-corrected chi connectivity index (χ1v) is 8.70. The average Bonchev–Trinajstić information content (AvgIpc) is 2.97. The molecule has 0 N–H and O–H groups in total. The van der Waals surface area contributed by atoms with Crippen molar-refractivity contribution in [1.82, 2.24) is 0 Å². The first-order valence-electron chi connectivity index (χ1n) is 7.89. The lowest BCUT2D eigenvalue weighted by Crippen LogP contribution is -2.43. The van der Waals surface area contributed by atoms with E-state index in [1.807, 2.05) is 11.3 Å². The van der Waals surface area contributed by atoms with Gasteiger partial charge in [0.25, 0.3) is 6.71 Å². The summed E-state index contributed by atoms with van der Waals surface area (Å²) in [6.07, 6.45) is 0. The van der Waals surface area contributed by atoms with Crippen molar-refractivity contribution in [3.63, 3.8) is 0 Å². The molecule has 0 radical (unpaired) electrons. The second kappa shape index (κ2) is 5.27. The molecule has 2 aromatic rings. The quantitative estimate of drug-likeness (QED) is 0.724. The number of fused-ring (bicyclic) bond motifs is 3. The van der Waals surface area contributed by atoms with Gasteiger partial charge in [-0.3, -0.25) is 4.99 Å². The van der Waals surface area contributed by atoms with Crippen LogP contribution < -0.4 is 4.78 Å². The van der Waals surface area contributed by atoms with Crippen LogP contribution in [0.3, 0.4) is 0 Å². The van der Waals surface area contributed by atoms with Gasteiger partial charge in [0.2, 0.25) is 0 Å². The molecule has 114 valence electrons. The van der Waals surface area contributed by atoms with E-state index in [0.717, 1.165) is 16.9 Å². The highest BCUT2D eigenvalue weighted by atomic mass is 32.1. The van der Waals surface area contributed by atoms with E-state index in [0.29, 0.717) is 6.54 Å². The van der Waals surface area contributed by atoms with Gasteiger partial charge in [-0.05, 0) is 38.0 Å². The maximum absolute atomic E-state index is 4.93. The molecule has 0 saturated carbocycles. The van der Waals surface area contributed by atoms with E-state index in [2.05, 4.69) is 62.2 Å². The van der Waals surface area contributed by atoms with Crippen LogP contribution in [0.1, 0.15) is 34.1 Å². The first-order chi connectivity index (χ1) is 11.1. The van der Waals surface area contributed by atoms with Gasteiger partial charge in [-0.15, -0.1) is 0 Å². The third-order valence-corrected chi connectivity index (χ3v) is 5.99. The molecule has 1 aromatic heterocycles. The lowest BCUT2D eigenvalue weighted by Gasteiger charge is -2.10. The van der Waals surface area contributed by atoms with Crippen LogP contribution in [0.15, 0.2) is 39.5 Å². The first kappa shape index (κ1) is 14.6.